The molecule has 3 N–H and O–H groups in total. The minimum absolute atomic E-state index is 0.183. The molecule has 0 aliphatic heterocycles. The Morgan fingerprint density at radius 2 is 2.10 bits per heavy atom. The van der Waals surface area contributed by atoms with Crippen LogP contribution in [-0.4, -0.2) is 19.3 Å². The highest BCUT2D eigenvalue weighted by atomic mass is 15.3. The van der Waals surface area contributed by atoms with Gasteiger partial charge in [-0.3, -0.25) is 5.84 Å². The lowest BCUT2D eigenvalue weighted by Crippen LogP contribution is -2.30. The summed E-state index contributed by atoms with van der Waals surface area (Å²) >= 11 is 0. The molecule has 0 radical (unpaired) electrons. The van der Waals surface area contributed by atoms with Gasteiger partial charge >= 0.3 is 0 Å². The number of hydrogen-bond acceptors (Lipinski definition) is 4. The molecule has 0 bridgehead atoms. The van der Waals surface area contributed by atoms with Crippen LogP contribution in [0.25, 0.3) is 5.69 Å². The van der Waals surface area contributed by atoms with Gasteiger partial charge in [-0.05, 0) is 19.1 Å². The third kappa shape index (κ3) is 2.58. The molecule has 1 atom stereocenters. The fraction of sp³-hybridized carbons (Fsp3) is 0.200. The zero-order chi connectivity index (χ0) is 14.7. The highest BCUT2D eigenvalue weighted by molar-refractivity contribution is 5.32. The van der Waals surface area contributed by atoms with Crippen LogP contribution >= 0.6 is 0 Å². The molecule has 2 aromatic heterocycles. The van der Waals surface area contributed by atoms with Crippen LogP contribution in [0.15, 0.2) is 55.1 Å². The number of nitrogens with zero attached hydrogens (tertiary/aromatic N) is 4. The van der Waals surface area contributed by atoms with Crippen LogP contribution in [0, 0.1) is 0 Å². The Kier molecular flexibility index (Phi) is 3.81. The number of nitrogens with one attached hydrogen (secondary N) is 1. The van der Waals surface area contributed by atoms with E-state index < -0.39 is 0 Å². The van der Waals surface area contributed by atoms with E-state index in [1.165, 1.54) is 0 Å². The quantitative estimate of drug-likeness (QED) is 0.551. The lowest BCUT2D eigenvalue weighted by molar-refractivity contribution is 0.561. The Labute approximate surface area is 123 Å². The summed E-state index contributed by atoms with van der Waals surface area (Å²) < 4.78 is 3.89. The average Bonchev–Trinajstić information content (AvgIpc) is 3.19. The summed E-state index contributed by atoms with van der Waals surface area (Å²) in [6, 6.07) is 9.79. The molecule has 0 spiro atoms. The van der Waals surface area contributed by atoms with Crippen molar-refractivity contribution in [3.63, 3.8) is 0 Å². The third-order valence-corrected chi connectivity index (χ3v) is 3.47. The van der Waals surface area contributed by atoms with Gasteiger partial charge in [0.15, 0.2) is 0 Å². The number of nitrogens with two attached hydrogens (primary N) is 1. The number of benzene rings is 1. The van der Waals surface area contributed by atoms with Gasteiger partial charge in [0.1, 0.15) is 11.9 Å². The van der Waals surface area contributed by atoms with Gasteiger partial charge in [0.25, 0.3) is 0 Å². The number of rotatable bonds is 5. The molecule has 0 saturated heterocycles. The minimum Gasteiger partial charge on any atom is -0.334 e. The maximum Gasteiger partial charge on any atom is 0.131 e. The Bertz CT molecular complexity index is 700. The topological polar surface area (TPSA) is 73.7 Å². The molecule has 3 aromatic rings. The average molecular weight is 282 g/mol. The predicted octanol–water partition coefficient (Wildman–Crippen LogP) is 1.64. The van der Waals surface area contributed by atoms with Crippen LogP contribution in [0.2, 0.25) is 0 Å². The van der Waals surface area contributed by atoms with Crippen molar-refractivity contribution in [3.8, 4) is 5.69 Å². The summed E-state index contributed by atoms with van der Waals surface area (Å²) in [5.41, 5.74) is 4.81. The fourth-order valence-corrected chi connectivity index (χ4v) is 2.38. The minimum atomic E-state index is -0.183. The molecule has 21 heavy (non-hydrogen) atoms. The molecule has 0 amide bonds. The molecule has 0 aliphatic carbocycles. The smallest absolute Gasteiger partial charge is 0.131 e. The molecule has 2 heterocycles. The van der Waals surface area contributed by atoms with E-state index in [0.29, 0.717) is 0 Å². The summed E-state index contributed by atoms with van der Waals surface area (Å²) in [4.78, 5) is 4.40. The van der Waals surface area contributed by atoms with Gasteiger partial charge in [0.05, 0.1) is 11.9 Å². The fourth-order valence-electron chi connectivity index (χ4n) is 2.38. The van der Waals surface area contributed by atoms with Crippen molar-refractivity contribution in [2.24, 2.45) is 5.84 Å². The van der Waals surface area contributed by atoms with E-state index in [9.17, 15) is 0 Å². The summed E-state index contributed by atoms with van der Waals surface area (Å²) in [6.07, 6.45) is 7.51. The second kappa shape index (κ2) is 5.90. The van der Waals surface area contributed by atoms with Crippen molar-refractivity contribution < 1.29 is 0 Å². The van der Waals surface area contributed by atoms with E-state index in [2.05, 4.69) is 27.0 Å². The van der Waals surface area contributed by atoms with E-state index in [1.807, 2.05) is 53.6 Å². The molecule has 3 rings (SSSR count). The molecule has 1 unspecified atom stereocenters. The molecule has 6 heteroatoms. The van der Waals surface area contributed by atoms with E-state index in [1.54, 1.807) is 6.20 Å². The summed E-state index contributed by atoms with van der Waals surface area (Å²) in [5.74, 6) is 6.61. The van der Waals surface area contributed by atoms with Gasteiger partial charge in [-0.2, -0.15) is 5.10 Å². The maximum atomic E-state index is 5.73. The normalized spacial score (nSPS) is 12.5. The second-order valence-corrected chi connectivity index (χ2v) is 4.72. The largest absolute Gasteiger partial charge is 0.334 e. The standard InChI is InChI=1S/C15H18N6/c1-2-20-9-8-17-15(20)14(19-16)12-10-18-21(11-12)13-6-4-3-5-7-13/h3-11,14,19H,2,16H2,1H3. The molecular weight excluding hydrogens is 264 g/mol. The van der Waals surface area contributed by atoms with Crippen LogP contribution < -0.4 is 11.3 Å². The first-order chi connectivity index (χ1) is 10.3. The van der Waals surface area contributed by atoms with Crippen LogP contribution in [0.1, 0.15) is 24.4 Å². The molecule has 108 valence electrons. The first kappa shape index (κ1) is 13.5. The van der Waals surface area contributed by atoms with Crippen molar-refractivity contribution in [3.05, 3.63) is 66.5 Å². The van der Waals surface area contributed by atoms with E-state index in [4.69, 9.17) is 5.84 Å². The molecule has 0 fully saturated rings. The molecular formula is C15H18N6. The molecule has 0 saturated carbocycles. The maximum absolute atomic E-state index is 5.73. The number of hydrazine groups is 1. The lowest BCUT2D eigenvalue weighted by atomic mass is 10.1. The number of hydrogen-bond donors (Lipinski definition) is 2. The van der Waals surface area contributed by atoms with E-state index in [-0.39, 0.29) is 6.04 Å². The summed E-state index contributed by atoms with van der Waals surface area (Å²) in [5, 5.41) is 4.40. The van der Waals surface area contributed by atoms with Gasteiger partial charge in [0.2, 0.25) is 0 Å². The van der Waals surface area contributed by atoms with Crippen LogP contribution in [-0.2, 0) is 6.54 Å². The summed E-state index contributed by atoms with van der Waals surface area (Å²) in [6.45, 7) is 2.92. The van der Waals surface area contributed by atoms with Crippen molar-refractivity contribution in [1.29, 1.82) is 0 Å². The summed E-state index contributed by atoms with van der Waals surface area (Å²) in [7, 11) is 0. The molecule has 1 aromatic carbocycles. The molecule has 0 aliphatic rings. The van der Waals surface area contributed by atoms with Gasteiger partial charge < -0.3 is 4.57 Å². The number of aryl methyl sites for hydroxylation is 1. The zero-order valence-electron chi connectivity index (χ0n) is 11.8. The second-order valence-electron chi connectivity index (χ2n) is 4.72. The van der Waals surface area contributed by atoms with Gasteiger partial charge in [-0.1, -0.05) is 18.2 Å². The van der Waals surface area contributed by atoms with Gasteiger partial charge in [-0.25, -0.2) is 15.1 Å². The van der Waals surface area contributed by atoms with Crippen molar-refractivity contribution in [2.45, 2.75) is 19.5 Å². The lowest BCUT2D eigenvalue weighted by Gasteiger charge is -2.15. The monoisotopic (exact) mass is 282 g/mol. The van der Waals surface area contributed by atoms with Crippen molar-refractivity contribution >= 4 is 0 Å². The number of imidazole rings is 1. The van der Waals surface area contributed by atoms with Gasteiger partial charge in [0, 0.05) is 30.7 Å². The Morgan fingerprint density at radius 3 is 2.81 bits per heavy atom. The van der Waals surface area contributed by atoms with E-state index in [0.717, 1.165) is 23.6 Å². The number of aromatic nitrogens is 4. The molecule has 6 nitrogen and oxygen atoms in total. The Hall–Kier alpha value is -2.44. The van der Waals surface area contributed by atoms with Crippen LogP contribution in [0.5, 0.6) is 0 Å². The van der Waals surface area contributed by atoms with Crippen LogP contribution in [0.3, 0.4) is 0 Å². The predicted molar refractivity (Wildman–Crippen MR) is 80.6 cm³/mol. The van der Waals surface area contributed by atoms with Gasteiger partial charge in [-0.15, -0.1) is 0 Å². The zero-order valence-corrected chi connectivity index (χ0v) is 11.8. The first-order valence-corrected chi connectivity index (χ1v) is 6.90. The Morgan fingerprint density at radius 1 is 1.29 bits per heavy atom. The van der Waals surface area contributed by atoms with Crippen LogP contribution in [0.4, 0.5) is 0 Å². The Balaban J connectivity index is 1.94. The SMILES string of the molecule is CCn1ccnc1C(NN)c1cnn(-c2ccccc2)c1. The number of para-hydroxylation sites is 1. The third-order valence-electron chi connectivity index (χ3n) is 3.47. The highest BCUT2D eigenvalue weighted by Crippen LogP contribution is 2.20. The highest BCUT2D eigenvalue weighted by Gasteiger charge is 2.19. The first-order valence-electron chi connectivity index (χ1n) is 6.90. The van der Waals surface area contributed by atoms with Crippen molar-refractivity contribution in [1.82, 2.24) is 24.8 Å². The van der Waals surface area contributed by atoms with E-state index >= 15 is 0 Å². The van der Waals surface area contributed by atoms with Crippen molar-refractivity contribution in [2.75, 3.05) is 0 Å².